The van der Waals surface area contributed by atoms with Crippen molar-refractivity contribution in [1.82, 2.24) is 4.98 Å². The topological polar surface area (TPSA) is 85.4 Å². The maximum Gasteiger partial charge on any atom is 0.311 e. The van der Waals surface area contributed by atoms with E-state index in [1.165, 1.54) is 41.7 Å². The Kier molecular flexibility index (Phi) is 10.5. The Morgan fingerprint density at radius 1 is 1.14 bits per heavy atom. The van der Waals surface area contributed by atoms with Crippen LogP contribution in [0.1, 0.15) is 119 Å². The first-order valence-corrected chi connectivity index (χ1v) is 17.3. The maximum atomic E-state index is 13.4. The van der Waals surface area contributed by atoms with Crippen LogP contribution in [0, 0.1) is 30.1 Å². The Labute approximate surface area is 261 Å². The molecular formula is C36H48N2O4S. The summed E-state index contributed by atoms with van der Waals surface area (Å²) in [6, 6.07) is 6.23. The number of nitrogens with zero attached hydrogens (tertiary/aromatic N) is 1. The van der Waals surface area contributed by atoms with Gasteiger partial charge in [-0.3, -0.25) is 14.4 Å². The second kappa shape index (κ2) is 14.3. The van der Waals surface area contributed by atoms with Crippen LogP contribution in [-0.2, 0) is 20.8 Å². The van der Waals surface area contributed by atoms with Crippen LogP contribution in [0.15, 0.2) is 37.1 Å². The Balaban J connectivity index is 1.16. The van der Waals surface area contributed by atoms with E-state index in [0.717, 1.165) is 62.7 Å². The number of amides is 1. The van der Waals surface area contributed by atoms with Crippen molar-refractivity contribution in [3.8, 4) is 5.75 Å². The molecule has 3 aliphatic carbocycles. The number of rotatable bonds is 14. The summed E-state index contributed by atoms with van der Waals surface area (Å²) in [5.41, 5.74) is 2.37. The second-order valence-electron chi connectivity index (χ2n) is 13.3. The van der Waals surface area contributed by atoms with Crippen molar-refractivity contribution in [2.75, 3.05) is 5.32 Å². The van der Waals surface area contributed by atoms with Crippen molar-refractivity contribution in [1.29, 1.82) is 0 Å². The maximum absolute atomic E-state index is 13.4. The first-order chi connectivity index (χ1) is 20.8. The number of allylic oxidation sites excluding steroid dienone is 1. The van der Waals surface area contributed by atoms with Crippen LogP contribution in [0.3, 0.4) is 0 Å². The van der Waals surface area contributed by atoms with Gasteiger partial charge in [-0.1, -0.05) is 44.7 Å². The number of carbonyl (C=O) groups excluding carboxylic acids is 3. The summed E-state index contributed by atoms with van der Waals surface area (Å²) in [6.07, 6.45) is 17.7. The molecule has 0 aliphatic heterocycles. The lowest BCUT2D eigenvalue weighted by Gasteiger charge is -2.50. The van der Waals surface area contributed by atoms with Gasteiger partial charge in [0.1, 0.15) is 11.5 Å². The Bertz CT molecular complexity index is 1320. The second-order valence-corrected chi connectivity index (χ2v) is 14.6. The monoisotopic (exact) mass is 604 g/mol. The van der Waals surface area contributed by atoms with Gasteiger partial charge >= 0.3 is 5.97 Å². The molecule has 43 heavy (non-hydrogen) atoms. The zero-order chi connectivity index (χ0) is 30.4. The van der Waals surface area contributed by atoms with Crippen LogP contribution in [0.4, 0.5) is 5.13 Å². The van der Waals surface area contributed by atoms with Gasteiger partial charge in [0.15, 0.2) is 5.13 Å². The number of hydrogen-bond donors (Lipinski definition) is 1. The van der Waals surface area contributed by atoms with E-state index in [1.54, 1.807) is 6.20 Å². The van der Waals surface area contributed by atoms with Crippen molar-refractivity contribution in [3.63, 3.8) is 0 Å². The molecule has 1 aromatic carbocycles. The van der Waals surface area contributed by atoms with Gasteiger partial charge < -0.3 is 10.1 Å². The van der Waals surface area contributed by atoms with Gasteiger partial charge in [-0.05, 0) is 105 Å². The van der Waals surface area contributed by atoms with E-state index in [4.69, 9.17) is 4.74 Å². The first-order valence-electron chi connectivity index (χ1n) is 16.5. The molecule has 1 N–H and O–H groups in total. The van der Waals surface area contributed by atoms with Gasteiger partial charge in [0.2, 0.25) is 5.91 Å². The van der Waals surface area contributed by atoms with Gasteiger partial charge in [0.05, 0.1) is 0 Å². The van der Waals surface area contributed by atoms with Crippen LogP contribution >= 0.6 is 11.3 Å². The number of fused-ring (bicyclic) bond motifs is 5. The van der Waals surface area contributed by atoms with E-state index >= 15 is 0 Å². The summed E-state index contributed by atoms with van der Waals surface area (Å²) in [5.74, 6) is 2.29. The number of Topliss-reactive ketones (excluding diaryl/α,β-unsaturated/α-hetero) is 1. The molecule has 5 rings (SSSR count). The van der Waals surface area contributed by atoms with Gasteiger partial charge in [-0.2, -0.15) is 0 Å². The lowest BCUT2D eigenvalue weighted by Crippen LogP contribution is -2.44. The smallest absolute Gasteiger partial charge is 0.311 e. The van der Waals surface area contributed by atoms with E-state index in [-0.39, 0.29) is 23.2 Å². The molecule has 0 radical (unpaired) electrons. The van der Waals surface area contributed by atoms with Crippen LogP contribution in [-0.4, -0.2) is 22.6 Å². The minimum atomic E-state index is -0.284. The fraction of sp³-hybridized carbons (Fsp3) is 0.611. The SMILES string of the molecule is C=CCCCCCCCCC(=O)Oc1ccc2c(c1)CCC1C2CC[C@]2(C)C(=O)C[C@@H](CCC(=O)Nc3ncc(C)s3)C12. The summed E-state index contributed by atoms with van der Waals surface area (Å²) in [7, 11) is 0. The number of thiazole rings is 1. The van der Waals surface area contributed by atoms with Crippen LogP contribution in [0.5, 0.6) is 5.75 Å². The number of esters is 1. The lowest BCUT2D eigenvalue weighted by molar-refractivity contribution is -0.134. The lowest BCUT2D eigenvalue weighted by atomic mass is 9.54. The van der Waals surface area contributed by atoms with Crippen LogP contribution in [0.25, 0.3) is 0 Å². The zero-order valence-corrected chi connectivity index (χ0v) is 26.8. The fourth-order valence-corrected chi connectivity index (χ4v) is 8.99. The molecule has 0 bridgehead atoms. The number of carbonyl (C=O) groups is 3. The normalized spacial score (nSPS) is 25.9. The number of nitrogens with one attached hydrogen (secondary N) is 1. The third-order valence-corrected chi connectivity index (χ3v) is 11.3. The average Bonchev–Trinajstić information content (AvgIpc) is 3.51. The van der Waals surface area contributed by atoms with Crippen molar-refractivity contribution < 1.29 is 19.1 Å². The summed E-state index contributed by atoms with van der Waals surface area (Å²) in [5, 5.41) is 3.58. The van der Waals surface area contributed by atoms with Crippen molar-refractivity contribution >= 4 is 34.1 Å². The van der Waals surface area contributed by atoms with Crippen LogP contribution in [0.2, 0.25) is 0 Å². The summed E-state index contributed by atoms with van der Waals surface area (Å²) >= 11 is 1.48. The van der Waals surface area contributed by atoms with E-state index < -0.39 is 0 Å². The summed E-state index contributed by atoms with van der Waals surface area (Å²) in [6.45, 7) is 7.94. The molecule has 5 atom stereocenters. The number of benzene rings is 1. The highest BCUT2D eigenvalue weighted by molar-refractivity contribution is 7.15. The Hall–Kier alpha value is -2.80. The molecular weight excluding hydrogens is 556 g/mol. The highest BCUT2D eigenvalue weighted by atomic mass is 32.1. The van der Waals surface area contributed by atoms with Gasteiger partial charge in [-0.25, -0.2) is 4.98 Å². The molecule has 232 valence electrons. The van der Waals surface area contributed by atoms with Gasteiger partial charge in [0, 0.05) is 35.8 Å². The molecule has 2 fully saturated rings. The predicted octanol–water partition coefficient (Wildman–Crippen LogP) is 8.73. The van der Waals surface area contributed by atoms with Gasteiger partial charge in [0.25, 0.3) is 0 Å². The minimum absolute atomic E-state index is 0.0157. The Morgan fingerprint density at radius 2 is 1.93 bits per heavy atom. The molecule has 1 aromatic heterocycles. The summed E-state index contributed by atoms with van der Waals surface area (Å²) in [4.78, 5) is 43.9. The van der Waals surface area contributed by atoms with E-state index in [9.17, 15) is 14.4 Å². The number of ether oxygens (including phenoxy) is 1. The average molecular weight is 605 g/mol. The molecule has 3 unspecified atom stereocenters. The number of aromatic nitrogens is 1. The van der Waals surface area contributed by atoms with E-state index in [2.05, 4.69) is 35.9 Å². The number of hydrogen-bond acceptors (Lipinski definition) is 6. The van der Waals surface area contributed by atoms with E-state index in [0.29, 0.717) is 53.7 Å². The quantitative estimate of drug-likeness (QED) is 0.101. The fourth-order valence-electron chi connectivity index (χ4n) is 8.31. The molecule has 7 heteroatoms. The molecule has 6 nitrogen and oxygen atoms in total. The van der Waals surface area contributed by atoms with Crippen molar-refractivity contribution in [2.45, 2.75) is 116 Å². The zero-order valence-electron chi connectivity index (χ0n) is 26.0. The Morgan fingerprint density at radius 3 is 2.70 bits per heavy atom. The van der Waals surface area contributed by atoms with Crippen molar-refractivity contribution in [2.24, 2.45) is 23.2 Å². The summed E-state index contributed by atoms with van der Waals surface area (Å²) < 4.78 is 5.75. The molecule has 0 saturated heterocycles. The molecule has 1 heterocycles. The standard InChI is InChI=1S/C36H48N2O4S/c1-4-5-6-7-8-9-10-11-12-33(41)42-27-15-17-28-25(21-27)13-16-30-29(28)19-20-36(3)31(39)22-26(34(30)36)14-18-32(40)38-35-37-23-24(2)43-35/h4,15,17,21,23,26,29-30,34H,1,5-14,16,18-20,22H2,2-3H3,(H,37,38,40)/t26-,29?,30?,34?,36-/m1/s1. The highest BCUT2D eigenvalue weighted by Crippen LogP contribution is 2.62. The number of aryl methyl sites for hydroxylation is 2. The van der Waals surface area contributed by atoms with Crippen LogP contribution < -0.4 is 10.1 Å². The number of anilines is 1. The van der Waals surface area contributed by atoms with Gasteiger partial charge in [-0.15, -0.1) is 17.9 Å². The molecule has 2 aromatic rings. The highest BCUT2D eigenvalue weighted by Gasteiger charge is 2.58. The minimum Gasteiger partial charge on any atom is -0.427 e. The first kappa shape index (κ1) is 31.6. The molecule has 2 saturated carbocycles. The largest absolute Gasteiger partial charge is 0.427 e. The van der Waals surface area contributed by atoms with Crippen molar-refractivity contribution in [3.05, 3.63) is 53.1 Å². The predicted molar refractivity (Wildman–Crippen MR) is 172 cm³/mol. The third-order valence-electron chi connectivity index (χ3n) is 10.4. The number of unbranched alkanes of at least 4 members (excludes halogenated alkanes) is 6. The van der Waals surface area contributed by atoms with E-state index in [1.807, 2.05) is 19.1 Å². The third kappa shape index (κ3) is 7.47. The molecule has 3 aliphatic rings. The number of ketones is 1. The molecule has 0 spiro atoms. The molecule has 1 amide bonds.